The molecule has 0 spiro atoms. The average molecular weight is 248 g/mol. The Labute approximate surface area is 107 Å². The van der Waals surface area contributed by atoms with E-state index in [1.165, 1.54) is 0 Å². The van der Waals surface area contributed by atoms with E-state index >= 15 is 0 Å². The van der Waals surface area contributed by atoms with Gasteiger partial charge in [-0.1, -0.05) is 13.8 Å². The van der Waals surface area contributed by atoms with Gasteiger partial charge in [0.05, 0.1) is 12.0 Å². The van der Waals surface area contributed by atoms with Crippen LogP contribution in [0.5, 0.6) is 0 Å². The van der Waals surface area contributed by atoms with Gasteiger partial charge in [-0.3, -0.25) is 0 Å². The highest BCUT2D eigenvalue weighted by molar-refractivity contribution is 5.87. The molecule has 2 heterocycles. The van der Waals surface area contributed by atoms with Gasteiger partial charge in [0.1, 0.15) is 17.8 Å². The maximum Gasteiger partial charge on any atom is 0.142 e. The second kappa shape index (κ2) is 5.82. The van der Waals surface area contributed by atoms with Crippen LogP contribution in [0.25, 0.3) is 11.0 Å². The Hall–Kier alpha value is -1.62. The van der Waals surface area contributed by atoms with Gasteiger partial charge in [0, 0.05) is 18.8 Å². The van der Waals surface area contributed by atoms with Crippen molar-refractivity contribution in [2.24, 2.45) is 0 Å². The standard InChI is InChI=1S/C13H20N4O/c1-3-10(4-2)17(7-8-18)13-11-5-6-14-12(11)15-9-16-13/h5-6,9-10,18H,3-4,7-8H2,1-2H3,(H,14,15,16). The summed E-state index contributed by atoms with van der Waals surface area (Å²) in [5.74, 6) is 0.906. The number of H-pyrrole nitrogens is 1. The maximum atomic E-state index is 9.27. The fourth-order valence-electron chi connectivity index (χ4n) is 2.39. The summed E-state index contributed by atoms with van der Waals surface area (Å²) < 4.78 is 0. The molecule has 0 aliphatic heterocycles. The summed E-state index contributed by atoms with van der Waals surface area (Å²) in [4.78, 5) is 13.9. The Morgan fingerprint density at radius 2 is 2.11 bits per heavy atom. The fourth-order valence-corrected chi connectivity index (χ4v) is 2.39. The van der Waals surface area contributed by atoms with Crippen LogP contribution in [0.2, 0.25) is 0 Å². The van der Waals surface area contributed by atoms with Gasteiger partial charge in [-0.25, -0.2) is 9.97 Å². The Morgan fingerprint density at radius 1 is 1.33 bits per heavy atom. The zero-order chi connectivity index (χ0) is 13.0. The van der Waals surface area contributed by atoms with Crippen LogP contribution in [0.3, 0.4) is 0 Å². The molecule has 98 valence electrons. The molecule has 0 saturated carbocycles. The summed E-state index contributed by atoms with van der Waals surface area (Å²) in [7, 11) is 0. The SMILES string of the molecule is CCC(CC)N(CCO)c1ncnc2[nH]ccc12. The van der Waals surface area contributed by atoms with Crippen LogP contribution in [-0.2, 0) is 0 Å². The number of nitrogens with one attached hydrogen (secondary N) is 1. The number of aromatic nitrogens is 3. The first-order chi connectivity index (χ1) is 8.81. The van der Waals surface area contributed by atoms with Crippen molar-refractivity contribution in [3.05, 3.63) is 18.6 Å². The fraction of sp³-hybridized carbons (Fsp3) is 0.538. The molecule has 2 N–H and O–H groups in total. The first kappa shape index (κ1) is 12.8. The third-order valence-electron chi connectivity index (χ3n) is 3.33. The molecular formula is C13H20N4O. The van der Waals surface area contributed by atoms with Crippen molar-refractivity contribution in [1.29, 1.82) is 0 Å². The Kier molecular flexibility index (Phi) is 4.15. The summed E-state index contributed by atoms with van der Waals surface area (Å²) in [5.41, 5.74) is 0.842. The number of aliphatic hydroxyl groups excluding tert-OH is 1. The predicted molar refractivity (Wildman–Crippen MR) is 72.7 cm³/mol. The van der Waals surface area contributed by atoms with Crippen molar-refractivity contribution in [2.45, 2.75) is 32.7 Å². The Balaban J connectivity index is 2.43. The van der Waals surface area contributed by atoms with E-state index in [9.17, 15) is 5.11 Å². The third kappa shape index (κ3) is 2.31. The molecule has 0 fully saturated rings. The molecule has 0 radical (unpaired) electrons. The second-order valence-corrected chi connectivity index (χ2v) is 4.32. The van der Waals surface area contributed by atoms with Crippen LogP contribution in [-0.4, -0.2) is 39.3 Å². The lowest BCUT2D eigenvalue weighted by molar-refractivity contribution is 0.295. The summed E-state index contributed by atoms with van der Waals surface area (Å²) >= 11 is 0. The first-order valence-corrected chi connectivity index (χ1v) is 6.47. The van der Waals surface area contributed by atoms with Gasteiger partial charge in [0.25, 0.3) is 0 Å². The minimum atomic E-state index is 0.131. The summed E-state index contributed by atoms with van der Waals surface area (Å²) in [5, 5.41) is 10.3. The number of nitrogens with zero attached hydrogens (tertiary/aromatic N) is 3. The van der Waals surface area contributed by atoms with Crippen LogP contribution < -0.4 is 4.90 Å². The number of aliphatic hydroxyl groups is 1. The lowest BCUT2D eigenvalue weighted by atomic mass is 10.1. The van der Waals surface area contributed by atoms with Gasteiger partial charge in [-0.2, -0.15) is 0 Å². The van der Waals surface area contributed by atoms with Crippen molar-refractivity contribution >= 4 is 16.9 Å². The third-order valence-corrected chi connectivity index (χ3v) is 3.33. The number of fused-ring (bicyclic) bond motifs is 1. The van der Waals surface area contributed by atoms with Crippen LogP contribution in [0.1, 0.15) is 26.7 Å². The molecule has 2 aromatic rings. The number of hydrogen-bond donors (Lipinski definition) is 2. The minimum Gasteiger partial charge on any atom is -0.395 e. The van der Waals surface area contributed by atoms with Gasteiger partial charge in [-0.05, 0) is 18.9 Å². The highest BCUT2D eigenvalue weighted by Gasteiger charge is 2.19. The molecule has 0 amide bonds. The molecule has 0 aromatic carbocycles. The van der Waals surface area contributed by atoms with Gasteiger partial charge in [0.2, 0.25) is 0 Å². The largest absolute Gasteiger partial charge is 0.395 e. The number of aromatic amines is 1. The Bertz CT molecular complexity index is 492. The monoisotopic (exact) mass is 248 g/mol. The van der Waals surface area contributed by atoms with E-state index in [0.717, 1.165) is 29.7 Å². The normalized spacial score (nSPS) is 11.3. The van der Waals surface area contributed by atoms with Crippen molar-refractivity contribution in [1.82, 2.24) is 15.0 Å². The van der Waals surface area contributed by atoms with E-state index in [4.69, 9.17) is 0 Å². The van der Waals surface area contributed by atoms with Gasteiger partial charge >= 0.3 is 0 Å². The van der Waals surface area contributed by atoms with E-state index in [2.05, 4.69) is 33.7 Å². The molecule has 0 bridgehead atoms. The molecule has 18 heavy (non-hydrogen) atoms. The minimum absolute atomic E-state index is 0.131. The summed E-state index contributed by atoms with van der Waals surface area (Å²) in [6.07, 6.45) is 5.51. The van der Waals surface area contributed by atoms with Crippen molar-refractivity contribution in [2.75, 3.05) is 18.1 Å². The average Bonchev–Trinajstić information content (AvgIpc) is 2.87. The van der Waals surface area contributed by atoms with Crippen LogP contribution in [0.15, 0.2) is 18.6 Å². The molecular weight excluding hydrogens is 228 g/mol. The smallest absolute Gasteiger partial charge is 0.142 e. The quantitative estimate of drug-likeness (QED) is 0.820. The van der Waals surface area contributed by atoms with Crippen LogP contribution in [0, 0.1) is 0 Å². The van der Waals surface area contributed by atoms with Crippen LogP contribution >= 0.6 is 0 Å². The molecule has 5 heteroatoms. The molecule has 0 unspecified atom stereocenters. The van der Waals surface area contributed by atoms with Gasteiger partial charge < -0.3 is 15.0 Å². The van der Waals surface area contributed by atoms with Gasteiger partial charge in [-0.15, -0.1) is 0 Å². The molecule has 0 aliphatic carbocycles. The number of anilines is 1. The lowest BCUT2D eigenvalue weighted by Crippen LogP contribution is -2.37. The van der Waals surface area contributed by atoms with Gasteiger partial charge in [0.15, 0.2) is 0 Å². The highest BCUT2D eigenvalue weighted by atomic mass is 16.3. The molecule has 2 aromatic heterocycles. The van der Waals surface area contributed by atoms with Crippen molar-refractivity contribution < 1.29 is 5.11 Å². The second-order valence-electron chi connectivity index (χ2n) is 4.32. The summed E-state index contributed by atoms with van der Waals surface area (Å²) in [6.45, 7) is 5.05. The molecule has 2 rings (SSSR count). The number of rotatable bonds is 6. The first-order valence-electron chi connectivity index (χ1n) is 6.47. The van der Waals surface area contributed by atoms with Crippen molar-refractivity contribution in [3.63, 3.8) is 0 Å². The summed E-state index contributed by atoms with van der Waals surface area (Å²) in [6, 6.07) is 2.38. The maximum absolute atomic E-state index is 9.27. The lowest BCUT2D eigenvalue weighted by Gasteiger charge is -2.31. The van der Waals surface area contributed by atoms with E-state index < -0.39 is 0 Å². The number of hydrogen-bond acceptors (Lipinski definition) is 4. The van der Waals surface area contributed by atoms with E-state index in [1.807, 2.05) is 12.3 Å². The van der Waals surface area contributed by atoms with E-state index in [1.54, 1.807) is 6.33 Å². The van der Waals surface area contributed by atoms with Crippen molar-refractivity contribution in [3.8, 4) is 0 Å². The highest BCUT2D eigenvalue weighted by Crippen LogP contribution is 2.25. The molecule has 0 aliphatic rings. The van der Waals surface area contributed by atoms with E-state index in [-0.39, 0.29) is 6.61 Å². The Morgan fingerprint density at radius 3 is 2.78 bits per heavy atom. The molecule has 0 atom stereocenters. The zero-order valence-electron chi connectivity index (χ0n) is 10.9. The van der Waals surface area contributed by atoms with E-state index in [0.29, 0.717) is 12.6 Å². The topological polar surface area (TPSA) is 65.0 Å². The molecule has 0 saturated heterocycles. The zero-order valence-corrected chi connectivity index (χ0v) is 10.9. The van der Waals surface area contributed by atoms with Crippen LogP contribution in [0.4, 0.5) is 5.82 Å². The molecule has 5 nitrogen and oxygen atoms in total. The predicted octanol–water partition coefficient (Wildman–Crippen LogP) is 1.95.